The Labute approximate surface area is 163 Å². The molecule has 2 aromatic carbocycles. The van der Waals surface area contributed by atoms with E-state index in [1.165, 1.54) is 0 Å². The molecule has 0 unspecified atom stereocenters. The maximum atomic E-state index is 12.4. The highest BCUT2D eigenvalue weighted by Crippen LogP contribution is 2.32. The van der Waals surface area contributed by atoms with Gasteiger partial charge in [0.2, 0.25) is 6.79 Å². The summed E-state index contributed by atoms with van der Waals surface area (Å²) in [5.41, 5.74) is 2.12. The first-order valence-corrected chi connectivity index (χ1v) is 9.44. The molecule has 0 radical (unpaired) electrons. The van der Waals surface area contributed by atoms with Crippen LogP contribution in [0.15, 0.2) is 42.5 Å². The molecular formula is C20H22ClN3O3. The molecule has 0 aromatic heterocycles. The third-order valence-electron chi connectivity index (χ3n) is 4.89. The van der Waals surface area contributed by atoms with Crippen LogP contribution < -0.4 is 14.8 Å². The second kappa shape index (κ2) is 8.06. The number of halogens is 1. The van der Waals surface area contributed by atoms with Crippen molar-refractivity contribution in [2.24, 2.45) is 0 Å². The molecular weight excluding hydrogens is 366 g/mol. The van der Waals surface area contributed by atoms with E-state index < -0.39 is 0 Å². The number of hydrogen-bond acceptors (Lipinski definition) is 4. The van der Waals surface area contributed by atoms with Crippen LogP contribution in [0.1, 0.15) is 11.1 Å². The summed E-state index contributed by atoms with van der Waals surface area (Å²) < 4.78 is 10.7. The van der Waals surface area contributed by atoms with E-state index in [1.54, 1.807) is 0 Å². The lowest BCUT2D eigenvalue weighted by molar-refractivity contribution is 0.135. The molecule has 1 saturated heterocycles. The summed E-state index contributed by atoms with van der Waals surface area (Å²) >= 11 is 6.24. The van der Waals surface area contributed by atoms with E-state index in [0.29, 0.717) is 19.6 Å². The van der Waals surface area contributed by atoms with Gasteiger partial charge in [-0.15, -0.1) is 0 Å². The van der Waals surface area contributed by atoms with Crippen molar-refractivity contribution in [1.29, 1.82) is 0 Å². The van der Waals surface area contributed by atoms with Gasteiger partial charge in [-0.05, 0) is 29.3 Å². The highest BCUT2D eigenvalue weighted by atomic mass is 35.5. The minimum absolute atomic E-state index is 0.0370. The molecule has 7 heteroatoms. The van der Waals surface area contributed by atoms with Gasteiger partial charge in [0.1, 0.15) is 0 Å². The molecule has 1 fully saturated rings. The molecule has 0 aliphatic carbocycles. The first-order chi connectivity index (χ1) is 13.2. The fourth-order valence-corrected chi connectivity index (χ4v) is 3.51. The third-order valence-corrected chi connectivity index (χ3v) is 5.26. The van der Waals surface area contributed by atoms with Crippen LogP contribution in [0.4, 0.5) is 4.79 Å². The Morgan fingerprint density at radius 2 is 1.81 bits per heavy atom. The summed E-state index contributed by atoms with van der Waals surface area (Å²) in [5, 5.41) is 3.78. The van der Waals surface area contributed by atoms with Gasteiger partial charge < -0.3 is 19.7 Å². The highest BCUT2D eigenvalue weighted by Gasteiger charge is 2.21. The van der Waals surface area contributed by atoms with Gasteiger partial charge >= 0.3 is 6.03 Å². The van der Waals surface area contributed by atoms with Crippen LogP contribution in [-0.4, -0.2) is 48.8 Å². The summed E-state index contributed by atoms with van der Waals surface area (Å²) in [6.45, 7) is 4.62. The van der Waals surface area contributed by atoms with Crippen molar-refractivity contribution in [3.63, 3.8) is 0 Å². The molecule has 2 aliphatic heterocycles. The SMILES string of the molecule is O=C(NCc1ccc2c(c1)OCO2)N1CCN(Cc2ccccc2Cl)CC1. The van der Waals surface area contributed by atoms with Crippen molar-refractivity contribution in [3.8, 4) is 11.5 Å². The molecule has 27 heavy (non-hydrogen) atoms. The van der Waals surface area contributed by atoms with E-state index in [-0.39, 0.29) is 12.8 Å². The number of rotatable bonds is 4. The number of urea groups is 1. The Kier molecular flexibility index (Phi) is 5.36. The molecule has 2 heterocycles. The molecule has 0 spiro atoms. The number of carbonyl (C=O) groups is 1. The monoisotopic (exact) mass is 387 g/mol. The van der Waals surface area contributed by atoms with Gasteiger partial charge in [-0.3, -0.25) is 4.90 Å². The molecule has 0 saturated carbocycles. The van der Waals surface area contributed by atoms with Crippen molar-refractivity contribution < 1.29 is 14.3 Å². The van der Waals surface area contributed by atoms with Crippen LogP contribution in [0.3, 0.4) is 0 Å². The Morgan fingerprint density at radius 3 is 2.63 bits per heavy atom. The molecule has 2 aliphatic rings. The fourth-order valence-electron chi connectivity index (χ4n) is 3.32. The molecule has 6 nitrogen and oxygen atoms in total. The predicted molar refractivity (Wildman–Crippen MR) is 103 cm³/mol. The Morgan fingerprint density at radius 1 is 1.04 bits per heavy atom. The van der Waals surface area contributed by atoms with Gasteiger partial charge in [-0.1, -0.05) is 35.9 Å². The lowest BCUT2D eigenvalue weighted by Crippen LogP contribution is -2.51. The van der Waals surface area contributed by atoms with Gasteiger partial charge in [-0.2, -0.15) is 0 Å². The maximum Gasteiger partial charge on any atom is 0.317 e. The van der Waals surface area contributed by atoms with Crippen LogP contribution in [0.25, 0.3) is 0 Å². The largest absolute Gasteiger partial charge is 0.454 e. The summed E-state index contributed by atoms with van der Waals surface area (Å²) in [4.78, 5) is 16.6. The van der Waals surface area contributed by atoms with Crippen molar-refractivity contribution in [2.75, 3.05) is 33.0 Å². The number of nitrogens with one attached hydrogen (secondary N) is 1. The first-order valence-electron chi connectivity index (χ1n) is 9.06. The third kappa shape index (κ3) is 4.28. The Balaban J connectivity index is 1.24. The predicted octanol–water partition coefficient (Wildman–Crippen LogP) is 3.10. The quantitative estimate of drug-likeness (QED) is 0.875. The van der Waals surface area contributed by atoms with Crippen LogP contribution in [0, 0.1) is 0 Å². The molecule has 0 bridgehead atoms. The van der Waals surface area contributed by atoms with Crippen molar-refractivity contribution >= 4 is 17.6 Å². The maximum absolute atomic E-state index is 12.4. The van der Waals surface area contributed by atoms with E-state index in [4.69, 9.17) is 21.1 Å². The standard InChI is InChI=1S/C20H22ClN3O3/c21-17-4-2-1-3-16(17)13-23-7-9-24(10-8-23)20(25)22-12-15-5-6-18-19(11-15)27-14-26-18/h1-6,11H,7-10,12-14H2,(H,22,25). The zero-order valence-corrected chi connectivity index (χ0v) is 15.7. The molecule has 2 aromatic rings. The average Bonchev–Trinajstić information content (AvgIpc) is 3.16. The highest BCUT2D eigenvalue weighted by molar-refractivity contribution is 6.31. The molecule has 4 rings (SSSR count). The molecule has 2 amide bonds. The van der Waals surface area contributed by atoms with Crippen molar-refractivity contribution in [1.82, 2.24) is 15.1 Å². The lowest BCUT2D eigenvalue weighted by Gasteiger charge is -2.34. The zero-order valence-electron chi connectivity index (χ0n) is 15.0. The number of benzene rings is 2. The van der Waals surface area contributed by atoms with Crippen molar-refractivity contribution in [3.05, 3.63) is 58.6 Å². The molecule has 142 valence electrons. The van der Waals surface area contributed by atoms with E-state index in [2.05, 4.69) is 10.2 Å². The van der Waals surface area contributed by atoms with Gasteiger partial charge in [0.25, 0.3) is 0 Å². The van der Waals surface area contributed by atoms with E-state index in [1.807, 2.05) is 47.4 Å². The Bertz CT molecular complexity index is 822. The first kappa shape index (κ1) is 17.9. The van der Waals surface area contributed by atoms with Gasteiger partial charge in [0.15, 0.2) is 11.5 Å². The minimum Gasteiger partial charge on any atom is -0.454 e. The minimum atomic E-state index is -0.0370. The lowest BCUT2D eigenvalue weighted by atomic mass is 10.2. The number of amides is 2. The summed E-state index contributed by atoms with van der Waals surface area (Å²) in [6.07, 6.45) is 0. The van der Waals surface area contributed by atoms with Crippen molar-refractivity contribution in [2.45, 2.75) is 13.1 Å². The van der Waals surface area contributed by atoms with Crippen LogP contribution in [-0.2, 0) is 13.1 Å². The number of piperazine rings is 1. The van der Waals surface area contributed by atoms with Crippen LogP contribution >= 0.6 is 11.6 Å². The normalized spacial score (nSPS) is 16.4. The van der Waals surface area contributed by atoms with Gasteiger partial charge in [0.05, 0.1) is 0 Å². The zero-order chi connectivity index (χ0) is 18.6. The van der Waals surface area contributed by atoms with E-state index in [9.17, 15) is 4.79 Å². The van der Waals surface area contributed by atoms with Crippen LogP contribution in [0.2, 0.25) is 5.02 Å². The second-order valence-electron chi connectivity index (χ2n) is 6.70. The molecule has 0 atom stereocenters. The van der Waals surface area contributed by atoms with E-state index in [0.717, 1.165) is 47.3 Å². The number of carbonyl (C=O) groups excluding carboxylic acids is 1. The second-order valence-corrected chi connectivity index (χ2v) is 7.11. The smallest absolute Gasteiger partial charge is 0.317 e. The number of hydrogen-bond donors (Lipinski definition) is 1. The average molecular weight is 388 g/mol. The molecule has 1 N–H and O–H groups in total. The number of ether oxygens (including phenoxy) is 2. The van der Waals surface area contributed by atoms with Gasteiger partial charge in [0, 0.05) is 44.3 Å². The summed E-state index contributed by atoms with van der Waals surface area (Å²) in [7, 11) is 0. The summed E-state index contributed by atoms with van der Waals surface area (Å²) in [5.74, 6) is 1.48. The number of fused-ring (bicyclic) bond motifs is 1. The summed E-state index contributed by atoms with van der Waals surface area (Å²) in [6, 6.07) is 13.6. The number of nitrogens with zero attached hydrogens (tertiary/aromatic N) is 2. The van der Waals surface area contributed by atoms with E-state index >= 15 is 0 Å². The fraction of sp³-hybridized carbons (Fsp3) is 0.350. The topological polar surface area (TPSA) is 54.0 Å². The Hall–Kier alpha value is -2.44. The van der Waals surface area contributed by atoms with Gasteiger partial charge in [-0.25, -0.2) is 4.79 Å². The van der Waals surface area contributed by atoms with Crippen LogP contribution in [0.5, 0.6) is 11.5 Å².